The lowest BCUT2D eigenvalue weighted by Crippen LogP contribution is -2.38. The number of aromatic nitrogens is 4. The Bertz CT molecular complexity index is 1010. The van der Waals surface area contributed by atoms with Crippen molar-refractivity contribution >= 4 is 21.1 Å². The van der Waals surface area contributed by atoms with Crippen LogP contribution in [0.5, 0.6) is 0 Å². The van der Waals surface area contributed by atoms with Gasteiger partial charge in [0.15, 0.2) is 10.7 Å². The minimum Gasteiger partial charge on any atom is -0.339 e. The van der Waals surface area contributed by atoms with Crippen LogP contribution in [0.2, 0.25) is 0 Å². The van der Waals surface area contributed by atoms with Crippen LogP contribution in [0.25, 0.3) is 11.0 Å². The quantitative estimate of drug-likeness (QED) is 0.715. The van der Waals surface area contributed by atoms with Gasteiger partial charge in [-0.05, 0) is 37.1 Å². The SMILES string of the molecule is Cn1cnc(S(=O)(=O)N2CCC(c3ccc4cccnc4n3)CC2)c1. The van der Waals surface area contributed by atoms with Gasteiger partial charge in [-0.25, -0.2) is 23.4 Å². The third-order valence-corrected chi connectivity index (χ3v) is 6.43. The van der Waals surface area contributed by atoms with Crippen molar-refractivity contribution in [3.8, 4) is 0 Å². The summed E-state index contributed by atoms with van der Waals surface area (Å²) in [6, 6.07) is 7.94. The van der Waals surface area contributed by atoms with Crippen molar-refractivity contribution in [3.63, 3.8) is 0 Å². The van der Waals surface area contributed by atoms with Crippen LogP contribution in [0.15, 0.2) is 48.0 Å². The summed E-state index contributed by atoms with van der Waals surface area (Å²) in [4.78, 5) is 12.9. The van der Waals surface area contributed by atoms with Crippen LogP contribution >= 0.6 is 0 Å². The molecule has 130 valence electrons. The van der Waals surface area contributed by atoms with Gasteiger partial charge in [0.1, 0.15) is 0 Å². The normalized spacial score (nSPS) is 17.2. The summed E-state index contributed by atoms with van der Waals surface area (Å²) >= 11 is 0. The molecule has 25 heavy (non-hydrogen) atoms. The molecule has 0 bridgehead atoms. The lowest BCUT2D eigenvalue weighted by Gasteiger charge is -2.30. The highest BCUT2D eigenvalue weighted by molar-refractivity contribution is 7.89. The lowest BCUT2D eigenvalue weighted by atomic mass is 9.94. The third kappa shape index (κ3) is 3.03. The zero-order valence-electron chi connectivity index (χ0n) is 13.9. The van der Waals surface area contributed by atoms with Gasteiger partial charge < -0.3 is 4.57 Å². The van der Waals surface area contributed by atoms with Gasteiger partial charge in [0.2, 0.25) is 0 Å². The first-order valence-electron chi connectivity index (χ1n) is 8.24. The second kappa shape index (κ2) is 6.20. The topological polar surface area (TPSA) is 81.0 Å². The van der Waals surface area contributed by atoms with E-state index < -0.39 is 10.0 Å². The minimum absolute atomic E-state index is 0.112. The van der Waals surface area contributed by atoms with Crippen LogP contribution in [-0.4, -0.2) is 45.3 Å². The smallest absolute Gasteiger partial charge is 0.262 e. The number of aryl methyl sites for hydroxylation is 1. The largest absolute Gasteiger partial charge is 0.339 e. The van der Waals surface area contributed by atoms with Crippen LogP contribution < -0.4 is 0 Å². The fourth-order valence-corrected chi connectivity index (χ4v) is 4.68. The molecule has 8 heteroatoms. The van der Waals surface area contributed by atoms with E-state index in [4.69, 9.17) is 0 Å². The Balaban J connectivity index is 1.50. The highest BCUT2D eigenvalue weighted by atomic mass is 32.2. The van der Waals surface area contributed by atoms with E-state index in [9.17, 15) is 8.42 Å². The van der Waals surface area contributed by atoms with Crippen molar-refractivity contribution in [1.82, 2.24) is 23.8 Å². The van der Waals surface area contributed by atoms with Gasteiger partial charge in [-0.3, -0.25) is 0 Å². The molecule has 0 aromatic carbocycles. The van der Waals surface area contributed by atoms with Crippen molar-refractivity contribution < 1.29 is 8.42 Å². The number of piperidine rings is 1. The van der Waals surface area contributed by atoms with E-state index in [-0.39, 0.29) is 10.9 Å². The molecule has 0 unspecified atom stereocenters. The fourth-order valence-electron chi connectivity index (χ4n) is 3.24. The first-order chi connectivity index (χ1) is 12.0. The van der Waals surface area contributed by atoms with Crippen LogP contribution in [0.4, 0.5) is 0 Å². The van der Waals surface area contributed by atoms with Gasteiger partial charge in [-0.15, -0.1) is 0 Å². The zero-order valence-corrected chi connectivity index (χ0v) is 14.7. The number of imidazole rings is 1. The van der Waals surface area contributed by atoms with Crippen LogP contribution in [0.3, 0.4) is 0 Å². The molecule has 1 fully saturated rings. The van der Waals surface area contributed by atoms with E-state index in [0.717, 1.165) is 29.6 Å². The molecule has 0 spiro atoms. The molecule has 0 amide bonds. The second-order valence-corrected chi connectivity index (χ2v) is 8.23. The van der Waals surface area contributed by atoms with E-state index in [2.05, 4.69) is 15.0 Å². The number of hydrogen-bond donors (Lipinski definition) is 0. The number of rotatable bonds is 3. The number of fused-ring (bicyclic) bond motifs is 1. The summed E-state index contributed by atoms with van der Waals surface area (Å²) in [6.45, 7) is 0.955. The maximum absolute atomic E-state index is 12.6. The molecule has 3 aromatic rings. The van der Waals surface area contributed by atoms with E-state index in [1.54, 1.807) is 17.8 Å². The first kappa shape index (κ1) is 16.2. The molecule has 7 nitrogen and oxygen atoms in total. The van der Waals surface area contributed by atoms with Gasteiger partial charge in [-0.1, -0.05) is 0 Å². The summed E-state index contributed by atoms with van der Waals surface area (Å²) in [7, 11) is -1.75. The van der Waals surface area contributed by atoms with Gasteiger partial charge >= 0.3 is 0 Å². The molecule has 0 radical (unpaired) electrons. The zero-order chi connectivity index (χ0) is 17.4. The Morgan fingerprint density at radius 3 is 2.64 bits per heavy atom. The molecule has 1 aliphatic heterocycles. The van der Waals surface area contributed by atoms with Crippen LogP contribution in [-0.2, 0) is 17.1 Å². The predicted octanol–water partition coefficient (Wildman–Crippen LogP) is 1.93. The highest BCUT2D eigenvalue weighted by Crippen LogP contribution is 2.30. The molecule has 0 aliphatic carbocycles. The predicted molar refractivity (Wildman–Crippen MR) is 93.5 cm³/mol. The molecule has 4 heterocycles. The molecule has 0 atom stereocenters. The molecular weight excluding hydrogens is 338 g/mol. The maximum Gasteiger partial charge on any atom is 0.262 e. The minimum atomic E-state index is -3.51. The molecule has 1 aliphatic rings. The summed E-state index contributed by atoms with van der Waals surface area (Å²) in [5.74, 6) is 0.251. The number of pyridine rings is 2. The Morgan fingerprint density at radius 2 is 1.92 bits per heavy atom. The summed E-state index contributed by atoms with van der Waals surface area (Å²) < 4.78 is 28.4. The van der Waals surface area contributed by atoms with Gasteiger partial charge in [0.05, 0.1) is 6.33 Å². The average molecular weight is 357 g/mol. The average Bonchev–Trinajstić information content (AvgIpc) is 3.09. The van der Waals surface area contributed by atoms with Gasteiger partial charge in [0, 0.05) is 49.5 Å². The van der Waals surface area contributed by atoms with Crippen molar-refractivity contribution in [1.29, 1.82) is 0 Å². The van der Waals surface area contributed by atoms with Gasteiger partial charge in [-0.2, -0.15) is 4.31 Å². The van der Waals surface area contributed by atoms with Crippen LogP contribution in [0, 0.1) is 0 Å². The van der Waals surface area contributed by atoms with Crippen molar-refractivity contribution in [2.45, 2.75) is 23.8 Å². The van der Waals surface area contributed by atoms with E-state index in [1.807, 2.05) is 24.3 Å². The monoisotopic (exact) mass is 357 g/mol. The Hall–Kier alpha value is -2.32. The van der Waals surface area contributed by atoms with Crippen molar-refractivity contribution in [2.75, 3.05) is 13.1 Å². The standard InChI is InChI=1S/C17H19N5O2S/c1-21-11-16(19-12-21)25(23,24)22-9-6-13(7-10-22)15-5-4-14-3-2-8-18-17(14)20-15/h2-5,8,11-13H,6-7,9-10H2,1H3. The molecule has 0 saturated carbocycles. The Morgan fingerprint density at radius 1 is 1.12 bits per heavy atom. The second-order valence-electron chi connectivity index (χ2n) is 6.34. The van der Waals surface area contributed by atoms with E-state index in [0.29, 0.717) is 13.1 Å². The fraction of sp³-hybridized carbons (Fsp3) is 0.353. The summed E-state index contributed by atoms with van der Waals surface area (Å²) in [5, 5.41) is 1.13. The molecule has 4 rings (SSSR count). The number of hydrogen-bond acceptors (Lipinski definition) is 5. The van der Waals surface area contributed by atoms with Crippen LogP contribution in [0.1, 0.15) is 24.5 Å². The number of nitrogens with zero attached hydrogens (tertiary/aromatic N) is 5. The Labute approximate surface area is 146 Å². The molecule has 0 N–H and O–H groups in total. The molecule has 3 aromatic heterocycles. The van der Waals surface area contributed by atoms with Gasteiger partial charge in [0.25, 0.3) is 10.0 Å². The summed E-state index contributed by atoms with van der Waals surface area (Å²) in [6.07, 6.45) is 6.28. The van der Waals surface area contributed by atoms with E-state index >= 15 is 0 Å². The summed E-state index contributed by atoms with van der Waals surface area (Å²) in [5.41, 5.74) is 1.73. The highest BCUT2D eigenvalue weighted by Gasteiger charge is 2.31. The third-order valence-electron chi connectivity index (χ3n) is 4.64. The van der Waals surface area contributed by atoms with Crippen molar-refractivity contribution in [2.24, 2.45) is 7.05 Å². The molecular formula is C17H19N5O2S. The first-order valence-corrected chi connectivity index (χ1v) is 9.68. The Kier molecular flexibility index (Phi) is 4.01. The number of sulfonamides is 1. The van der Waals surface area contributed by atoms with E-state index in [1.165, 1.54) is 16.8 Å². The maximum atomic E-state index is 12.6. The van der Waals surface area contributed by atoms with Crippen molar-refractivity contribution in [3.05, 3.63) is 48.7 Å². The lowest BCUT2D eigenvalue weighted by molar-refractivity contribution is 0.316. The molecule has 1 saturated heterocycles.